The first-order valence-corrected chi connectivity index (χ1v) is 29.1. The number of sulfone groups is 1. The number of aromatic nitrogens is 2. The summed E-state index contributed by atoms with van der Waals surface area (Å²) in [5, 5.41) is 13.2. The first kappa shape index (κ1) is 59.4. The summed E-state index contributed by atoms with van der Waals surface area (Å²) in [7, 11) is -2.14. The lowest BCUT2D eigenvalue weighted by atomic mass is 9.84. The average molecular weight is 1110 g/mol. The summed E-state index contributed by atoms with van der Waals surface area (Å²) in [6, 6.07) is 14.2. The second-order valence-corrected chi connectivity index (χ2v) is 25.2. The van der Waals surface area contributed by atoms with Crippen LogP contribution in [-0.4, -0.2) is 130 Å². The average Bonchev–Trinajstić information content (AvgIpc) is 4.03. The molecule has 0 bridgehead atoms. The summed E-state index contributed by atoms with van der Waals surface area (Å²) in [6.07, 6.45) is 13.5. The molecule has 2 aromatic heterocycles. The Balaban J connectivity index is 0.874. The maximum atomic E-state index is 14.7. The van der Waals surface area contributed by atoms with Gasteiger partial charge in [-0.3, -0.25) is 19.4 Å². The van der Waals surface area contributed by atoms with Crippen molar-refractivity contribution in [3.8, 4) is 11.5 Å². The molecule has 0 saturated carbocycles. The van der Waals surface area contributed by atoms with Crippen molar-refractivity contribution in [2.24, 2.45) is 5.41 Å². The van der Waals surface area contributed by atoms with Gasteiger partial charge in [-0.1, -0.05) is 64.1 Å². The Kier molecular flexibility index (Phi) is 20.6. The van der Waals surface area contributed by atoms with Crippen LogP contribution in [0, 0.1) is 5.41 Å². The number of carbonyl (C=O) groups is 3. The predicted octanol–water partition coefficient (Wildman–Crippen LogP) is 8.79. The van der Waals surface area contributed by atoms with Crippen LogP contribution < -0.4 is 30.7 Å². The highest BCUT2D eigenvalue weighted by Crippen LogP contribution is 2.38. The largest absolute Gasteiger partial charge is 0.491 e. The molecule has 1 aliphatic carbocycles. The highest BCUT2D eigenvalue weighted by Gasteiger charge is 2.43. The SMILES string of the molecule is C=C1/C=C\C=C/CCCC[C@H]1NC(=O)[C@@H]1Cc2ccc(OCCOCCOCCOCCOc3cc4nccc(Nc5ccc6scnc6c5)c4cc3S(=O)(=O)C(C)(C)C)cc2CN1C(=O)[C@@H](NC(=O)[C@H](C)NC)C(C)(C)C. The molecular formula is C59H77N7O10S2. The van der Waals surface area contributed by atoms with E-state index in [1.807, 2.05) is 81.5 Å². The van der Waals surface area contributed by atoms with E-state index in [4.69, 9.17) is 23.7 Å². The van der Waals surface area contributed by atoms with Gasteiger partial charge < -0.3 is 49.9 Å². The molecule has 420 valence electrons. The molecule has 0 spiro atoms. The zero-order valence-electron chi connectivity index (χ0n) is 46.3. The van der Waals surface area contributed by atoms with E-state index in [0.29, 0.717) is 55.4 Å². The van der Waals surface area contributed by atoms with E-state index in [-0.39, 0.29) is 67.2 Å². The summed E-state index contributed by atoms with van der Waals surface area (Å²) in [5.41, 5.74) is 6.67. The van der Waals surface area contributed by atoms with Crippen LogP contribution in [0.5, 0.6) is 11.5 Å². The Labute approximate surface area is 463 Å². The highest BCUT2D eigenvalue weighted by molar-refractivity contribution is 7.92. The van der Waals surface area contributed by atoms with E-state index < -0.39 is 38.1 Å². The van der Waals surface area contributed by atoms with Gasteiger partial charge in [0.2, 0.25) is 17.7 Å². The number of fused-ring (bicyclic) bond motifs is 3. The molecule has 0 unspecified atom stereocenters. The van der Waals surface area contributed by atoms with Crippen LogP contribution in [0.4, 0.5) is 11.4 Å². The molecule has 2 aliphatic rings. The van der Waals surface area contributed by atoms with E-state index in [1.54, 1.807) is 74.8 Å². The van der Waals surface area contributed by atoms with Crippen LogP contribution in [0.15, 0.2) is 108 Å². The van der Waals surface area contributed by atoms with Gasteiger partial charge in [0.05, 0.1) is 77.7 Å². The first-order valence-electron chi connectivity index (χ1n) is 26.7. The zero-order chi connectivity index (χ0) is 56.0. The van der Waals surface area contributed by atoms with Gasteiger partial charge in [0.1, 0.15) is 41.7 Å². The van der Waals surface area contributed by atoms with Crippen LogP contribution >= 0.6 is 11.3 Å². The first-order chi connectivity index (χ1) is 37.2. The molecule has 0 fully saturated rings. The molecule has 0 saturated heterocycles. The third kappa shape index (κ3) is 15.5. The lowest BCUT2D eigenvalue weighted by Crippen LogP contribution is -2.62. The lowest BCUT2D eigenvalue weighted by Gasteiger charge is -2.41. The van der Waals surface area contributed by atoms with Crippen LogP contribution in [0.25, 0.3) is 21.1 Å². The number of hydrogen-bond donors (Lipinski definition) is 4. The molecule has 3 amide bonds. The number of nitrogens with one attached hydrogen (secondary N) is 4. The van der Waals surface area contributed by atoms with Crippen molar-refractivity contribution in [1.29, 1.82) is 0 Å². The monoisotopic (exact) mass is 1110 g/mol. The molecule has 1 aliphatic heterocycles. The fraction of sp³-hybridized carbons (Fsp3) is 0.475. The number of nitrogens with zero attached hydrogens (tertiary/aromatic N) is 3. The molecule has 19 heteroatoms. The summed E-state index contributed by atoms with van der Waals surface area (Å²) in [4.78, 5) is 52.9. The van der Waals surface area contributed by atoms with Gasteiger partial charge in [0, 0.05) is 42.0 Å². The number of thiazole rings is 1. The lowest BCUT2D eigenvalue weighted by molar-refractivity contribution is -0.147. The molecular weight excluding hydrogens is 1030 g/mol. The van der Waals surface area contributed by atoms with Gasteiger partial charge in [-0.25, -0.2) is 13.4 Å². The van der Waals surface area contributed by atoms with Gasteiger partial charge >= 0.3 is 0 Å². The fourth-order valence-electron chi connectivity index (χ4n) is 9.01. The van der Waals surface area contributed by atoms with E-state index in [2.05, 4.69) is 43.9 Å². The normalized spacial score (nSPS) is 17.9. The molecule has 5 aromatic rings. The van der Waals surface area contributed by atoms with Crippen LogP contribution in [0.2, 0.25) is 0 Å². The van der Waals surface area contributed by atoms with Crippen molar-refractivity contribution in [2.45, 2.75) is 121 Å². The van der Waals surface area contributed by atoms with Gasteiger partial charge in [0.25, 0.3) is 0 Å². The Morgan fingerprint density at radius 2 is 1.55 bits per heavy atom. The summed E-state index contributed by atoms with van der Waals surface area (Å²) in [5.74, 6) is -0.119. The predicted molar refractivity (Wildman–Crippen MR) is 307 cm³/mol. The van der Waals surface area contributed by atoms with Crippen molar-refractivity contribution in [2.75, 3.05) is 65.2 Å². The summed E-state index contributed by atoms with van der Waals surface area (Å²) < 4.78 is 57.3. The van der Waals surface area contributed by atoms with Crippen molar-refractivity contribution in [3.63, 3.8) is 0 Å². The van der Waals surface area contributed by atoms with Gasteiger partial charge in [0.15, 0.2) is 9.84 Å². The van der Waals surface area contributed by atoms with Crippen molar-refractivity contribution < 1.29 is 46.5 Å². The van der Waals surface area contributed by atoms with Crippen LogP contribution in [-0.2, 0) is 51.4 Å². The number of benzene rings is 3. The second-order valence-electron chi connectivity index (χ2n) is 21.6. The van der Waals surface area contributed by atoms with Crippen molar-refractivity contribution in [3.05, 3.63) is 114 Å². The number of pyridine rings is 1. The molecule has 4 atom stereocenters. The highest BCUT2D eigenvalue weighted by atomic mass is 32.2. The fourth-order valence-corrected chi connectivity index (χ4v) is 11.0. The van der Waals surface area contributed by atoms with Gasteiger partial charge in [-0.2, -0.15) is 0 Å². The topological polar surface area (TPSA) is 209 Å². The molecule has 17 nitrogen and oxygen atoms in total. The molecule has 78 heavy (non-hydrogen) atoms. The smallest absolute Gasteiger partial charge is 0.246 e. The number of allylic oxidation sites excluding steroid dienone is 3. The Bertz CT molecular complexity index is 3070. The minimum absolute atomic E-state index is 0.0733. The Morgan fingerprint density at radius 3 is 2.26 bits per heavy atom. The molecule has 3 heterocycles. The third-order valence-corrected chi connectivity index (χ3v) is 17.1. The summed E-state index contributed by atoms with van der Waals surface area (Å²) >= 11 is 1.56. The van der Waals surface area contributed by atoms with E-state index >= 15 is 0 Å². The number of likely N-dealkylation sites (N-methyl/N-ethyl adjacent to an activating group) is 1. The minimum atomic E-state index is -3.83. The van der Waals surface area contributed by atoms with Gasteiger partial charge in [-0.05, 0) is 119 Å². The Morgan fingerprint density at radius 1 is 0.833 bits per heavy atom. The van der Waals surface area contributed by atoms with E-state index in [9.17, 15) is 22.8 Å². The van der Waals surface area contributed by atoms with Crippen molar-refractivity contribution in [1.82, 2.24) is 30.8 Å². The number of ether oxygens (including phenoxy) is 5. The van der Waals surface area contributed by atoms with Gasteiger partial charge in [-0.15, -0.1) is 11.3 Å². The number of anilines is 2. The maximum Gasteiger partial charge on any atom is 0.246 e. The van der Waals surface area contributed by atoms with Crippen LogP contribution in [0.3, 0.4) is 0 Å². The quantitative estimate of drug-likeness (QED) is 0.0451. The molecule has 4 N–H and O–H groups in total. The van der Waals surface area contributed by atoms with Crippen molar-refractivity contribution >= 4 is 71.4 Å². The second kappa shape index (κ2) is 27.1. The number of rotatable bonds is 23. The Hall–Kier alpha value is -6.22. The minimum Gasteiger partial charge on any atom is -0.491 e. The number of amides is 3. The standard InChI is InChI=1S/C59H77N7O10S2/c1-39-16-14-12-10-11-13-15-17-46(39)64-56(68)50-33-41-18-20-44(32-42(41)37-66(50)57(69)54(58(3,4)5)65-55(67)40(2)60-9)75-30-28-73-26-24-72-25-27-74-29-31-76-51-36-48-45(35-53(51)78(70,71)59(6,7)8)47(22-23-61-48)63-43-19-21-52-49(34-43)62-38-77-52/h10,12,14,16,18-23,32,34-36,38,40,46,50,54,60H,1,11,13,15,17,24-31,33,37H2,2-9H3,(H,61,63)(H,64,68)(H,65,67)/b12-10-,16-14-/t40-,46+,50-,54+/m0/s1. The number of hydrogen-bond acceptors (Lipinski definition) is 15. The summed E-state index contributed by atoms with van der Waals surface area (Å²) in [6.45, 7) is 19.0. The molecule has 7 rings (SSSR count). The maximum absolute atomic E-state index is 14.7. The third-order valence-electron chi connectivity index (χ3n) is 13.8. The number of carbonyl (C=O) groups excluding carboxylic acids is 3. The zero-order valence-corrected chi connectivity index (χ0v) is 47.9. The van der Waals surface area contributed by atoms with E-state index in [0.717, 1.165) is 58.3 Å². The molecule has 0 radical (unpaired) electrons. The van der Waals surface area contributed by atoms with E-state index in [1.165, 1.54) is 0 Å². The van der Waals surface area contributed by atoms with Crippen LogP contribution in [0.1, 0.15) is 85.3 Å². The molecule has 3 aromatic carbocycles.